The van der Waals surface area contributed by atoms with E-state index in [0.29, 0.717) is 12.8 Å². The fourth-order valence-electron chi connectivity index (χ4n) is 2.00. The van der Waals surface area contributed by atoms with E-state index < -0.39 is 12.1 Å². The zero-order chi connectivity index (χ0) is 9.68. The fourth-order valence-corrected chi connectivity index (χ4v) is 2.00. The van der Waals surface area contributed by atoms with E-state index in [1.54, 1.807) is 0 Å². The van der Waals surface area contributed by atoms with Crippen LogP contribution in [-0.4, -0.2) is 17.2 Å². The van der Waals surface area contributed by atoms with Gasteiger partial charge in [-0.05, 0) is 31.6 Å². The van der Waals surface area contributed by atoms with E-state index in [4.69, 9.17) is 5.11 Å². The molecule has 0 amide bonds. The highest BCUT2D eigenvalue weighted by Crippen LogP contribution is 2.30. The first-order chi connectivity index (χ1) is 6.20. The smallest absolute Gasteiger partial charge is 0.303 e. The van der Waals surface area contributed by atoms with Crippen LogP contribution in [0.2, 0.25) is 0 Å². The van der Waals surface area contributed by atoms with Crippen LogP contribution < -0.4 is 0 Å². The Morgan fingerprint density at radius 1 is 1.38 bits per heavy atom. The molecule has 1 rings (SSSR count). The van der Waals surface area contributed by atoms with Gasteiger partial charge in [0, 0.05) is 6.42 Å². The Morgan fingerprint density at radius 2 is 2.08 bits per heavy atom. The molecule has 0 saturated heterocycles. The van der Waals surface area contributed by atoms with Gasteiger partial charge in [0.15, 0.2) is 0 Å². The number of rotatable bonds is 4. The highest BCUT2D eigenvalue weighted by molar-refractivity contribution is 5.66. The van der Waals surface area contributed by atoms with Gasteiger partial charge >= 0.3 is 5.97 Å². The monoisotopic (exact) mass is 188 g/mol. The predicted octanol–water partition coefficient (Wildman–Crippen LogP) is 2.77. The van der Waals surface area contributed by atoms with E-state index in [0.717, 1.165) is 25.7 Å². The van der Waals surface area contributed by atoms with E-state index in [2.05, 4.69) is 0 Å². The Labute approximate surface area is 78.1 Å². The van der Waals surface area contributed by atoms with Crippen LogP contribution in [0.1, 0.15) is 44.9 Å². The van der Waals surface area contributed by atoms with Crippen LogP contribution >= 0.6 is 0 Å². The molecule has 13 heavy (non-hydrogen) atoms. The van der Waals surface area contributed by atoms with Gasteiger partial charge < -0.3 is 5.11 Å². The second-order valence-electron chi connectivity index (χ2n) is 3.85. The van der Waals surface area contributed by atoms with E-state index in [-0.39, 0.29) is 12.3 Å². The third-order valence-corrected chi connectivity index (χ3v) is 2.78. The van der Waals surface area contributed by atoms with Gasteiger partial charge in [-0.25, -0.2) is 4.39 Å². The number of carbonyl (C=O) groups is 1. The van der Waals surface area contributed by atoms with Gasteiger partial charge in [-0.3, -0.25) is 4.79 Å². The fraction of sp³-hybridized carbons (Fsp3) is 0.900. The van der Waals surface area contributed by atoms with Gasteiger partial charge in [-0.1, -0.05) is 12.8 Å². The van der Waals surface area contributed by atoms with Crippen LogP contribution in [0.3, 0.4) is 0 Å². The largest absolute Gasteiger partial charge is 0.481 e. The highest BCUT2D eigenvalue weighted by Gasteiger charge is 2.23. The number of aliphatic carboxylic acids is 1. The van der Waals surface area contributed by atoms with E-state index in [9.17, 15) is 9.18 Å². The molecule has 2 nitrogen and oxygen atoms in total. The number of carboxylic acid groups (broad SMARTS) is 1. The summed E-state index contributed by atoms with van der Waals surface area (Å²) in [7, 11) is 0. The third-order valence-electron chi connectivity index (χ3n) is 2.78. The van der Waals surface area contributed by atoms with Crippen molar-refractivity contribution in [3.63, 3.8) is 0 Å². The molecular formula is C10H17FO2. The van der Waals surface area contributed by atoms with Crippen molar-refractivity contribution in [1.82, 2.24) is 0 Å². The van der Waals surface area contributed by atoms with E-state index in [1.807, 2.05) is 0 Å². The summed E-state index contributed by atoms with van der Waals surface area (Å²) in [6.45, 7) is 0. The van der Waals surface area contributed by atoms with Crippen molar-refractivity contribution in [2.45, 2.75) is 51.1 Å². The van der Waals surface area contributed by atoms with Crippen molar-refractivity contribution < 1.29 is 14.3 Å². The minimum Gasteiger partial charge on any atom is -0.481 e. The highest BCUT2D eigenvalue weighted by atomic mass is 19.1. The molecule has 0 aromatic rings. The summed E-state index contributed by atoms with van der Waals surface area (Å²) in [5.41, 5.74) is 0. The molecule has 1 aliphatic rings. The third kappa shape index (κ3) is 3.75. The average molecular weight is 188 g/mol. The van der Waals surface area contributed by atoms with Crippen molar-refractivity contribution in [3.05, 3.63) is 0 Å². The maximum atomic E-state index is 13.2. The molecule has 1 aliphatic carbocycles. The van der Waals surface area contributed by atoms with Gasteiger partial charge in [-0.15, -0.1) is 0 Å². The van der Waals surface area contributed by atoms with Crippen LogP contribution in [-0.2, 0) is 4.79 Å². The average Bonchev–Trinajstić information content (AvgIpc) is 2.08. The van der Waals surface area contributed by atoms with Gasteiger partial charge in [0.2, 0.25) is 0 Å². The standard InChI is InChI=1S/C10H17FO2/c11-9-6-2-1-4-8(9)5-3-7-10(12)13/h8-9H,1-7H2,(H,12,13). The normalized spacial score (nSPS) is 28.7. The lowest BCUT2D eigenvalue weighted by atomic mass is 9.84. The molecule has 0 radical (unpaired) electrons. The summed E-state index contributed by atoms with van der Waals surface area (Å²) in [4.78, 5) is 10.2. The Kier molecular flexibility index (Phi) is 4.19. The van der Waals surface area contributed by atoms with Crippen molar-refractivity contribution in [2.75, 3.05) is 0 Å². The molecule has 2 unspecified atom stereocenters. The summed E-state index contributed by atoms with van der Waals surface area (Å²) < 4.78 is 13.2. The summed E-state index contributed by atoms with van der Waals surface area (Å²) in [5, 5.41) is 8.42. The van der Waals surface area contributed by atoms with Crippen LogP contribution in [0.15, 0.2) is 0 Å². The Balaban J connectivity index is 2.15. The number of carboxylic acids is 1. The minimum atomic E-state index is -0.772. The zero-order valence-corrected chi connectivity index (χ0v) is 7.84. The summed E-state index contributed by atoms with van der Waals surface area (Å²) in [6.07, 6.45) is 4.60. The summed E-state index contributed by atoms with van der Waals surface area (Å²) >= 11 is 0. The zero-order valence-electron chi connectivity index (χ0n) is 7.84. The maximum absolute atomic E-state index is 13.2. The molecule has 0 aromatic heterocycles. The minimum absolute atomic E-state index is 0.132. The van der Waals surface area contributed by atoms with Crippen LogP contribution in [0, 0.1) is 5.92 Å². The second kappa shape index (κ2) is 5.20. The van der Waals surface area contributed by atoms with E-state index in [1.165, 1.54) is 0 Å². The molecule has 0 spiro atoms. The number of alkyl halides is 1. The first kappa shape index (κ1) is 10.5. The van der Waals surface area contributed by atoms with Crippen LogP contribution in [0.25, 0.3) is 0 Å². The maximum Gasteiger partial charge on any atom is 0.303 e. The van der Waals surface area contributed by atoms with Crippen molar-refractivity contribution in [2.24, 2.45) is 5.92 Å². The molecule has 1 saturated carbocycles. The quantitative estimate of drug-likeness (QED) is 0.736. The summed E-state index contributed by atoms with van der Waals surface area (Å²) in [6, 6.07) is 0. The number of hydrogen-bond donors (Lipinski definition) is 1. The first-order valence-electron chi connectivity index (χ1n) is 5.06. The predicted molar refractivity (Wildman–Crippen MR) is 48.3 cm³/mol. The van der Waals surface area contributed by atoms with Gasteiger partial charge in [0.25, 0.3) is 0 Å². The number of halogens is 1. The molecule has 0 heterocycles. The second-order valence-corrected chi connectivity index (χ2v) is 3.85. The van der Waals surface area contributed by atoms with E-state index >= 15 is 0 Å². The molecule has 0 bridgehead atoms. The van der Waals surface area contributed by atoms with Crippen molar-refractivity contribution in [3.8, 4) is 0 Å². The van der Waals surface area contributed by atoms with Crippen LogP contribution in [0.4, 0.5) is 4.39 Å². The van der Waals surface area contributed by atoms with Gasteiger partial charge in [-0.2, -0.15) is 0 Å². The van der Waals surface area contributed by atoms with Crippen LogP contribution in [0.5, 0.6) is 0 Å². The molecule has 3 heteroatoms. The first-order valence-corrected chi connectivity index (χ1v) is 5.06. The van der Waals surface area contributed by atoms with Gasteiger partial charge in [0.05, 0.1) is 0 Å². The molecule has 0 aliphatic heterocycles. The molecule has 0 aromatic carbocycles. The van der Waals surface area contributed by atoms with Crippen molar-refractivity contribution >= 4 is 5.97 Å². The van der Waals surface area contributed by atoms with Gasteiger partial charge in [0.1, 0.15) is 6.17 Å². The Morgan fingerprint density at radius 3 is 2.69 bits per heavy atom. The SMILES string of the molecule is O=C(O)CCCC1CCCCC1F. The molecule has 1 fully saturated rings. The molecule has 2 atom stereocenters. The lowest BCUT2D eigenvalue weighted by molar-refractivity contribution is -0.137. The van der Waals surface area contributed by atoms with Crippen molar-refractivity contribution in [1.29, 1.82) is 0 Å². The topological polar surface area (TPSA) is 37.3 Å². The Bertz CT molecular complexity index is 170. The lowest BCUT2D eigenvalue weighted by Crippen LogP contribution is -2.20. The molecule has 1 N–H and O–H groups in total. The Hall–Kier alpha value is -0.600. The molecular weight excluding hydrogens is 171 g/mol. The lowest BCUT2D eigenvalue weighted by Gasteiger charge is -2.25. The number of hydrogen-bond acceptors (Lipinski definition) is 1. The molecule has 76 valence electrons. The summed E-state index contributed by atoms with van der Waals surface area (Å²) in [5.74, 6) is -0.640.